The number of rotatable bonds is 3. The minimum absolute atomic E-state index is 0.180. The van der Waals surface area contributed by atoms with Crippen LogP contribution in [0.2, 0.25) is 0 Å². The highest BCUT2D eigenvalue weighted by molar-refractivity contribution is 7.86. The largest absolute Gasteiger partial charge is 0.379 e. The summed E-state index contributed by atoms with van der Waals surface area (Å²) in [6.07, 6.45) is 2.81. The van der Waals surface area contributed by atoms with Crippen LogP contribution in [0.3, 0.4) is 0 Å². The highest BCUT2D eigenvalue weighted by Crippen LogP contribution is 2.29. The molecule has 118 valence electrons. The summed E-state index contributed by atoms with van der Waals surface area (Å²) >= 11 is 0. The predicted molar refractivity (Wildman–Crippen MR) is 78.2 cm³/mol. The van der Waals surface area contributed by atoms with Gasteiger partial charge in [-0.3, -0.25) is 0 Å². The van der Waals surface area contributed by atoms with Crippen LogP contribution in [-0.2, 0) is 22.0 Å². The molecule has 1 atom stereocenters. The fourth-order valence-corrected chi connectivity index (χ4v) is 4.74. The summed E-state index contributed by atoms with van der Waals surface area (Å²) < 4.78 is 35.6. The first kappa shape index (κ1) is 15.0. The molecule has 0 N–H and O–H groups in total. The average Bonchev–Trinajstić information content (AvgIpc) is 3.06. The summed E-state index contributed by atoms with van der Waals surface area (Å²) in [7, 11) is -1.39. The van der Waals surface area contributed by atoms with Gasteiger partial charge in [-0.15, -0.1) is 0 Å². The third-order valence-electron chi connectivity index (χ3n) is 4.17. The Kier molecular flexibility index (Phi) is 4.04. The fourth-order valence-electron chi connectivity index (χ4n) is 3.10. The lowest BCUT2D eigenvalue weighted by molar-refractivity contribution is 0.0705. The first-order valence-corrected chi connectivity index (χ1v) is 8.71. The number of nitrogens with zero attached hydrogens (tertiary/aromatic N) is 4. The standard InChI is InChI=1S/C13H22N4O3S/c1-11-9-15(2)13(14-11)12-3-4-17(10-12)21(18,19)16-5-7-20-8-6-16/h9,12H,3-8,10H2,1-2H3/t12-/m0/s1. The maximum absolute atomic E-state index is 12.6. The topological polar surface area (TPSA) is 67.7 Å². The minimum Gasteiger partial charge on any atom is -0.379 e. The van der Waals surface area contributed by atoms with E-state index in [1.165, 1.54) is 4.31 Å². The van der Waals surface area contributed by atoms with Crippen molar-refractivity contribution in [2.24, 2.45) is 7.05 Å². The van der Waals surface area contributed by atoms with E-state index in [0.717, 1.165) is 17.9 Å². The van der Waals surface area contributed by atoms with E-state index in [-0.39, 0.29) is 5.92 Å². The summed E-state index contributed by atoms with van der Waals surface area (Å²) in [5.74, 6) is 1.16. The Morgan fingerprint density at radius 2 is 1.95 bits per heavy atom. The molecule has 0 saturated carbocycles. The molecule has 3 heterocycles. The molecule has 2 saturated heterocycles. The van der Waals surface area contributed by atoms with Gasteiger partial charge in [-0.05, 0) is 13.3 Å². The summed E-state index contributed by atoms with van der Waals surface area (Å²) in [6, 6.07) is 0. The number of morpholine rings is 1. The first-order chi connectivity index (χ1) is 9.98. The third kappa shape index (κ3) is 2.85. The Morgan fingerprint density at radius 1 is 1.24 bits per heavy atom. The number of hydrogen-bond acceptors (Lipinski definition) is 4. The smallest absolute Gasteiger partial charge is 0.282 e. The van der Waals surface area contributed by atoms with Crippen LogP contribution in [0.25, 0.3) is 0 Å². The van der Waals surface area contributed by atoms with Crippen molar-refractivity contribution < 1.29 is 13.2 Å². The summed E-state index contributed by atoms with van der Waals surface area (Å²) in [5.41, 5.74) is 0.974. The Hall–Kier alpha value is -0.960. The highest BCUT2D eigenvalue weighted by atomic mass is 32.2. The van der Waals surface area contributed by atoms with Gasteiger partial charge < -0.3 is 9.30 Å². The fraction of sp³-hybridized carbons (Fsp3) is 0.769. The second-order valence-corrected chi connectivity index (χ2v) is 7.64. The van der Waals surface area contributed by atoms with Crippen LogP contribution in [0.15, 0.2) is 6.20 Å². The first-order valence-electron chi connectivity index (χ1n) is 7.31. The molecule has 3 rings (SSSR count). The molecule has 0 bridgehead atoms. The van der Waals surface area contributed by atoms with Crippen molar-refractivity contribution in [2.75, 3.05) is 39.4 Å². The second-order valence-electron chi connectivity index (χ2n) is 5.71. The molecule has 2 fully saturated rings. The Morgan fingerprint density at radius 3 is 2.57 bits per heavy atom. The zero-order chi connectivity index (χ0) is 15.0. The van der Waals surface area contributed by atoms with Gasteiger partial charge in [0.2, 0.25) is 0 Å². The van der Waals surface area contributed by atoms with E-state index in [4.69, 9.17) is 4.74 Å². The third-order valence-corrected chi connectivity index (χ3v) is 6.17. The van der Waals surface area contributed by atoms with Crippen LogP contribution >= 0.6 is 0 Å². The van der Waals surface area contributed by atoms with Gasteiger partial charge in [-0.1, -0.05) is 0 Å². The SMILES string of the molecule is Cc1cn(C)c([C@H]2CCN(S(=O)(=O)N3CCOCC3)C2)n1. The molecule has 0 radical (unpaired) electrons. The number of imidazole rings is 1. The van der Waals surface area contributed by atoms with Gasteiger partial charge in [0.05, 0.1) is 18.9 Å². The molecule has 1 aromatic heterocycles. The van der Waals surface area contributed by atoms with Gasteiger partial charge in [0, 0.05) is 45.3 Å². The molecule has 2 aliphatic heterocycles. The van der Waals surface area contributed by atoms with E-state index in [1.807, 2.05) is 24.7 Å². The van der Waals surface area contributed by atoms with Crippen LogP contribution in [0.5, 0.6) is 0 Å². The molecule has 0 aliphatic carbocycles. The zero-order valence-corrected chi connectivity index (χ0v) is 13.3. The van der Waals surface area contributed by atoms with Gasteiger partial charge >= 0.3 is 0 Å². The number of hydrogen-bond donors (Lipinski definition) is 0. The lowest BCUT2D eigenvalue weighted by Gasteiger charge is -2.30. The normalized spacial score (nSPS) is 25.5. The number of aryl methyl sites for hydroxylation is 2. The van der Waals surface area contributed by atoms with E-state index < -0.39 is 10.2 Å². The average molecular weight is 314 g/mol. The predicted octanol–water partition coefficient (Wildman–Crippen LogP) is 0.0948. The van der Waals surface area contributed by atoms with Crippen LogP contribution in [0.1, 0.15) is 23.9 Å². The molecule has 7 nitrogen and oxygen atoms in total. The second kappa shape index (κ2) is 5.68. The van der Waals surface area contributed by atoms with E-state index >= 15 is 0 Å². The number of ether oxygens (including phenoxy) is 1. The van der Waals surface area contributed by atoms with Crippen molar-refractivity contribution in [3.8, 4) is 0 Å². The maximum atomic E-state index is 12.6. The van der Waals surface area contributed by atoms with Gasteiger partial charge in [0.1, 0.15) is 5.82 Å². The monoisotopic (exact) mass is 314 g/mol. The molecule has 2 aliphatic rings. The quantitative estimate of drug-likeness (QED) is 0.793. The lowest BCUT2D eigenvalue weighted by Crippen LogP contribution is -2.47. The molecule has 21 heavy (non-hydrogen) atoms. The molecule has 0 unspecified atom stereocenters. The maximum Gasteiger partial charge on any atom is 0.282 e. The highest BCUT2D eigenvalue weighted by Gasteiger charge is 2.37. The van der Waals surface area contributed by atoms with Gasteiger partial charge in [-0.2, -0.15) is 17.0 Å². The molecule has 8 heteroatoms. The van der Waals surface area contributed by atoms with Crippen LogP contribution in [0.4, 0.5) is 0 Å². The van der Waals surface area contributed by atoms with E-state index in [9.17, 15) is 8.42 Å². The Bertz CT molecular complexity index is 607. The molecule has 1 aromatic rings. The van der Waals surface area contributed by atoms with Crippen molar-refractivity contribution in [3.05, 3.63) is 17.7 Å². The molecule has 0 spiro atoms. The van der Waals surface area contributed by atoms with Gasteiger partial charge in [0.25, 0.3) is 10.2 Å². The van der Waals surface area contributed by atoms with Gasteiger partial charge in [0.15, 0.2) is 0 Å². The Balaban J connectivity index is 1.73. The lowest BCUT2D eigenvalue weighted by atomic mass is 10.1. The summed E-state index contributed by atoms with van der Waals surface area (Å²) in [6.45, 7) is 4.90. The van der Waals surface area contributed by atoms with Crippen molar-refractivity contribution >= 4 is 10.2 Å². The van der Waals surface area contributed by atoms with Crippen LogP contribution in [-0.4, -0.2) is 66.0 Å². The van der Waals surface area contributed by atoms with Crippen molar-refractivity contribution in [1.82, 2.24) is 18.2 Å². The molecular formula is C13H22N4O3S. The van der Waals surface area contributed by atoms with Crippen LogP contribution < -0.4 is 0 Å². The number of aromatic nitrogens is 2. The van der Waals surface area contributed by atoms with E-state index in [1.54, 1.807) is 4.31 Å². The zero-order valence-electron chi connectivity index (χ0n) is 12.5. The van der Waals surface area contributed by atoms with Crippen LogP contribution in [0, 0.1) is 6.92 Å². The van der Waals surface area contributed by atoms with Gasteiger partial charge in [-0.25, -0.2) is 4.98 Å². The molecule has 0 amide bonds. The molecular weight excluding hydrogens is 292 g/mol. The Labute approximate surface area is 125 Å². The summed E-state index contributed by atoms with van der Waals surface area (Å²) in [5, 5.41) is 0. The minimum atomic E-state index is -3.36. The van der Waals surface area contributed by atoms with E-state index in [2.05, 4.69) is 4.98 Å². The van der Waals surface area contributed by atoms with E-state index in [0.29, 0.717) is 39.4 Å². The van der Waals surface area contributed by atoms with Crippen molar-refractivity contribution in [3.63, 3.8) is 0 Å². The molecule has 0 aromatic carbocycles. The van der Waals surface area contributed by atoms with Crippen molar-refractivity contribution in [2.45, 2.75) is 19.3 Å². The van der Waals surface area contributed by atoms with Crippen molar-refractivity contribution in [1.29, 1.82) is 0 Å². The summed E-state index contributed by atoms with van der Waals surface area (Å²) in [4.78, 5) is 4.53.